The summed E-state index contributed by atoms with van der Waals surface area (Å²) in [6, 6.07) is 0. The van der Waals surface area contributed by atoms with Crippen molar-refractivity contribution in [1.82, 2.24) is 0 Å². The maximum Gasteiger partial charge on any atom is 0.424 e. The molecule has 0 aromatic carbocycles. The first-order chi connectivity index (χ1) is 15.6. The second-order valence-corrected chi connectivity index (χ2v) is 11.9. The van der Waals surface area contributed by atoms with Gasteiger partial charge in [-0.3, -0.25) is 9.05 Å². The van der Waals surface area contributed by atoms with Gasteiger partial charge in [-0.25, -0.2) is 4.57 Å². The van der Waals surface area contributed by atoms with E-state index in [2.05, 4.69) is 22.9 Å². The molecule has 0 aliphatic carbocycles. The molecule has 2 unspecified atom stereocenters. The van der Waals surface area contributed by atoms with Gasteiger partial charge in [0.2, 0.25) is 0 Å². The first-order valence-electron chi connectivity index (χ1n) is 12.8. The molecule has 0 bridgehead atoms. The van der Waals surface area contributed by atoms with Crippen molar-refractivity contribution in [3.05, 3.63) is 0 Å². The van der Waals surface area contributed by atoms with Crippen LogP contribution in [0.2, 0.25) is 0 Å². The highest BCUT2D eigenvalue weighted by molar-refractivity contribution is 9.09. The summed E-state index contributed by atoms with van der Waals surface area (Å²) in [4.78, 5) is 0. The molecule has 0 aliphatic rings. The molecule has 8 heteroatoms. The topological polar surface area (TPSA) is 54.0 Å². The van der Waals surface area contributed by atoms with E-state index in [0.29, 0.717) is 18.5 Å². The number of unbranched alkanes of at least 4 members (excludes halogenated alkanes) is 15. The Morgan fingerprint density at radius 2 is 1.19 bits per heavy atom. The van der Waals surface area contributed by atoms with Crippen LogP contribution in [0.1, 0.15) is 110 Å². The van der Waals surface area contributed by atoms with Crippen LogP contribution in [0.25, 0.3) is 0 Å². The summed E-state index contributed by atoms with van der Waals surface area (Å²) >= 11 is 8.91. The zero-order valence-corrected chi connectivity index (χ0v) is 23.9. The minimum atomic E-state index is -3.55. The molecule has 0 amide bonds. The summed E-state index contributed by atoms with van der Waals surface area (Å²) in [6.07, 6.45) is 21.4. The van der Waals surface area contributed by atoms with Crippen molar-refractivity contribution in [2.24, 2.45) is 0 Å². The fraction of sp³-hybridized carbons (Fsp3) is 1.00. The van der Waals surface area contributed by atoms with Crippen LogP contribution in [0.3, 0.4) is 0 Å². The molecular formula is C24H49BrClO5P. The molecule has 0 aromatic heterocycles. The molecule has 0 aromatic rings. The normalized spacial score (nSPS) is 14.5. The van der Waals surface area contributed by atoms with E-state index < -0.39 is 6.95 Å². The van der Waals surface area contributed by atoms with Crippen molar-refractivity contribution >= 4 is 34.1 Å². The van der Waals surface area contributed by atoms with Gasteiger partial charge in [-0.1, -0.05) is 119 Å². The minimum Gasteiger partial charge on any atom is -0.379 e. The van der Waals surface area contributed by atoms with Crippen LogP contribution < -0.4 is 0 Å². The maximum absolute atomic E-state index is 11.8. The van der Waals surface area contributed by atoms with Gasteiger partial charge in [-0.15, -0.1) is 0 Å². The first-order valence-corrected chi connectivity index (χ1v) is 16.4. The summed E-state index contributed by atoms with van der Waals surface area (Å²) in [5.41, 5.74) is 0. The van der Waals surface area contributed by atoms with Crippen molar-refractivity contribution < 1.29 is 23.1 Å². The van der Waals surface area contributed by atoms with Crippen LogP contribution in [0.5, 0.6) is 0 Å². The van der Waals surface area contributed by atoms with E-state index in [1.54, 1.807) is 7.11 Å². The Morgan fingerprint density at radius 3 is 1.62 bits per heavy atom. The molecule has 194 valence electrons. The van der Waals surface area contributed by atoms with Crippen molar-refractivity contribution in [2.75, 3.05) is 38.9 Å². The number of halogens is 2. The lowest BCUT2D eigenvalue weighted by molar-refractivity contribution is -0.0169. The van der Waals surface area contributed by atoms with E-state index in [1.807, 2.05) is 0 Å². The third-order valence-electron chi connectivity index (χ3n) is 5.52. The molecule has 0 N–H and O–H groups in total. The van der Waals surface area contributed by atoms with E-state index in [0.717, 1.165) is 6.42 Å². The van der Waals surface area contributed by atoms with Crippen molar-refractivity contribution in [3.8, 4) is 0 Å². The third kappa shape index (κ3) is 24.0. The standard InChI is InChI=1S/C24H49BrClO5P/c1-3-4-5-6-7-8-9-10-11-12-13-14-15-16-17-18-20-29-22-24(28-2)23-31-32(26,27)30-21-19-25/h24H,3-23H2,1-2H3. The van der Waals surface area contributed by atoms with Crippen LogP contribution in [-0.4, -0.2) is 45.0 Å². The zero-order chi connectivity index (χ0) is 23.8. The molecule has 0 saturated heterocycles. The Hall–Kier alpha value is 0.840. The molecule has 0 spiro atoms. The van der Waals surface area contributed by atoms with Crippen LogP contribution in [0.4, 0.5) is 0 Å². The highest BCUT2D eigenvalue weighted by Gasteiger charge is 2.23. The Kier molecular flexibility index (Phi) is 25.6. The summed E-state index contributed by atoms with van der Waals surface area (Å²) in [6.45, 7) is 0.141. The fourth-order valence-electron chi connectivity index (χ4n) is 3.50. The molecule has 2 atom stereocenters. The molecule has 0 heterocycles. The Labute approximate surface area is 211 Å². The molecule has 0 aliphatic heterocycles. The Morgan fingerprint density at radius 1 is 0.719 bits per heavy atom. The number of alkyl halides is 1. The van der Waals surface area contributed by atoms with Gasteiger partial charge in [0, 0.05) is 30.3 Å². The number of methoxy groups -OCH3 is 1. The average Bonchev–Trinajstić information content (AvgIpc) is 2.79. The third-order valence-corrected chi connectivity index (χ3v) is 7.37. The Bertz CT molecular complexity index is 431. The van der Waals surface area contributed by atoms with Gasteiger partial charge in [0.05, 0.1) is 19.8 Å². The lowest BCUT2D eigenvalue weighted by Gasteiger charge is -2.17. The van der Waals surface area contributed by atoms with Crippen LogP contribution in [-0.2, 0) is 23.1 Å². The molecule has 32 heavy (non-hydrogen) atoms. The number of hydrogen-bond acceptors (Lipinski definition) is 5. The number of ether oxygens (including phenoxy) is 2. The highest BCUT2D eigenvalue weighted by atomic mass is 79.9. The van der Waals surface area contributed by atoms with Gasteiger partial charge >= 0.3 is 6.95 Å². The van der Waals surface area contributed by atoms with Gasteiger partial charge in [-0.05, 0) is 6.42 Å². The van der Waals surface area contributed by atoms with Crippen molar-refractivity contribution in [3.63, 3.8) is 0 Å². The molecule has 0 rings (SSSR count). The number of hydrogen-bond donors (Lipinski definition) is 0. The summed E-state index contributed by atoms with van der Waals surface area (Å²) < 4.78 is 32.9. The van der Waals surface area contributed by atoms with E-state index in [9.17, 15) is 4.57 Å². The summed E-state index contributed by atoms with van der Waals surface area (Å²) in [5, 5.41) is 0.545. The van der Waals surface area contributed by atoms with Crippen molar-refractivity contribution in [1.29, 1.82) is 0 Å². The second-order valence-electron chi connectivity index (χ2n) is 8.48. The summed E-state index contributed by atoms with van der Waals surface area (Å²) in [7, 11) is 1.57. The van der Waals surface area contributed by atoms with Crippen LogP contribution in [0.15, 0.2) is 0 Å². The van der Waals surface area contributed by atoms with Gasteiger partial charge < -0.3 is 9.47 Å². The van der Waals surface area contributed by atoms with E-state index >= 15 is 0 Å². The van der Waals surface area contributed by atoms with Gasteiger partial charge in [0.1, 0.15) is 6.10 Å². The maximum atomic E-state index is 11.8. The minimum absolute atomic E-state index is 0.0819. The van der Waals surface area contributed by atoms with E-state index in [1.165, 1.54) is 96.3 Å². The SMILES string of the molecule is CCCCCCCCCCCCCCCCCCOCC(COP(=O)(Cl)OCCBr)OC. The lowest BCUT2D eigenvalue weighted by atomic mass is 10.0. The molecule has 0 fully saturated rings. The predicted octanol–water partition coefficient (Wildman–Crippen LogP) is 9.05. The molecular weight excluding hydrogens is 515 g/mol. The highest BCUT2D eigenvalue weighted by Crippen LogP contribution is 2.53. The molecule has 0 radical (unpaired) electrons. The van der Waals surface area contributed by atoms with Crippen LogP contribution >= 0.6 is 34.1 Å². The number of rotatable bonds is 26. The monoisotopic (exact) mass is 562 g/mol. The first kappa shape index (κ1) is 32.8. The summed E-state index contributed by atoms with van der Waals surface area (Å²) in [5.74, 6) is 0. The zero-order valence-electron chi connectivity index (χ0n) is 20.7. The second kappa shape index (κ2) is 24.9. The van der Waals surface area contributed by atoms with Gasteiger partial charge in [0.15, 0.2) is 0 Å². The Balaban J connectivity index is 3.36. The largest absolute Gasteiger partial charge is 0.424 e. The predicted molar refractivity (Wildman–Crippen MR) is 140 cm³/mol. The smallest absolute Gasteiger partial charge is 0.379 e. The average molecular weight is 564 g/mol. The van der Waals surface area contributed by atoms with Gasteiger partial charge in [0.25, 0.3) is 0 Å². The van der Waals surface area contributed by atoms with Crippen LogP contribution in [0, 0.1) is 0 Å². The lowest BCUT2D eigenvalue weighted by Crippen LogP contribution is -2.24. The fourth-order valence-corrected chi connectivity index (χ4v) is 5.02. The van der Waals surface area contributed by atoms with Crippen molar-refractivity contribution in [2.45, 2.75) is 116 Å². The van der Waals surface area contributed by atoms with E-state index in [-0.39, 0.29) is 19.3 Å². The van der Waals surface area contributed by atoms with Gasteiger partial charge in [-0.2, -0.15) is 0 Å². The van der Waals surface area contributed by atoms with E-state index in [4.69, 9.17) is 29.8 Å². The quantitative estimate of drug-likeness (QED) is 0.0597. The molecule has 5 nitrogen and oxygen atoms in total. The molecule has 0 saturated carbocycles.